The van der Waals surface area contributed by atoms with E-state index in [1.807, 2.05) is 6.92 Å². The number of pyridine rings is 1. The zero-order valence-corrected chi connectivity index (χ0v) is 12.4. The number of nitrogens with zero attached hydrogens (tertiary/aromatic N) is 1. The average molecular weight is 285 g/mol. The summed E-state index contributed by atoms with van der Waals surface area (Å²) in [4.78, 5) is 29.4. The van der Waals surface area contributed by atoms with Gasteiger partial charge in [-0.25, -0.2) is 4.98 Å². The summed E-state index contributed by atoms with van der Waals surface area (Å²) in [6.45, 7) is 7.58. The predicted octanol–water partition coefficient (Wildman–Crippen LogP) is 2.77. The molecule has 0 amide bonds. The molecule has 21 heavy (non-hydrogen) atoms. The van der Waals surface area contributed by atoms with Crippen LogP contribution in [0.3, 0.4) is 0 Å². The van der Waals surface area contributed by atoms with Gasteiger partial charge in [-0.1, -0.05) is 0 Å². The van der Waals surface area contributed by atoms with Gasteiger partial charge in [-0.3, -0.25) is 9.59 Å². The lowest BCUT2D eigenvalue weighted by molar-refractivity contribution is 0.0955. The Hall–Kier alpha value is -2.43. The standard InChI is InChI=1S/C16H15NO4/c1-5-20-10-6-17-13-11(8(10)3)15(19)16-12(14(13)18)7(2)9(4)21-16/h6H,5H2,1-4H3. The number of aryl methyl sites for hydroxylation is 1. The van der Waals surface area contributed by atoms with Crippen LogP contribution in [0.1, 0.15) is 56.0 Å². The largest absolute Gasteiger partial charge is 0.492 e. The van der Waals surface area contributed by atoms with E-state index in [9.17, 15) is 9.59 Å². The molecule has 2 aromatic heterocycles. The average Bonchev–Trinajstić information content (AvgIpc) is 2.75. The van der Waals surface area contributed by atoms with Crippen molar-refractivity contribution in [3.8, 4) is 5.75 Å². The first kappa shape index (κ1) is 13.5. The highest BCUT2D eigenvalue weighted by Gasteiger charge is 2.38. The van der Waals surface area contributed by atoms with Crippen molar-refractivity contribution in [1.82, 2.24) is 4.98 Å². The first-order chi connectivity index (χ1) is 9.97. The quantitative estimate of drug-likeness (QED) is 0.724. The third-order valence-corrected chi connectivity index (χ3v) is 3.85. The zero-order chi connectivity index (χ0) is 15.3. The number of furan rings is 1. The van der Waals surface area contributed by atoms with E-state index in [1.54, 1.807) is 20.8 Å². The summed E-state index contributed by atoms with van der Waals surface area (Å²) >= 11 is 0. The van der Waals surface area contributed by atoms with Gasteiger partial charge >= 0.3 is 0 Å². The Kier molecular flexibility index (Phi) is 2.93. The molecule has 108 valence electrons. The maximum atomic E-state index is 12.7. The highest BCUT2D eigenvalue weighted by Crippen LogP contribution is 2.35. The summed E-state index contributed by atoms with van der Waals surface area (Å²) in [6, 6.07) is 0. The fraction of sp³-hybridized carbons (Fsp3) is 0.312. The molecule has 1 aliphatic rings. The van der Waals surface area contributed by atoms with Crippen molar-refractivity contribution in [3.63, 3.8) is 0 Å². The topological polar surface area (TPSA) is 69.4 Å². The molecule has 2 heterocycles. The van der Waals surface area contributed by atoms with Crippen LogP contribution >= 0.6 is 0 Å². The Morgan fingerprint density at radius 2 is 1.81 bits per heavy atom. The van der Waals surface area contributed by atoms with Crippen LogP contribution in [-0.2, 0) is 0 Å². The molecule has 1 aliphatic carbocycles. The maximum absolute atomic E-state index is 12.7. The number of carbonyl (C=O) groups is 2. The van der Waals surface area contributed by atoms with E-state index in [0.717, 1.165) is 0 Å². The molecule has 3 rings (SSSR count). The Morgan fingerprint density at radius 1 is 1.10 bits per heavy atom. The van der Waals surface area contributed by atoms with Crippen LogP contribution in [0.4, 0.5) is 0 Å². The lowest BCUT2D eigenvalue weighted by atomic mass is 9.87. The molecule has 0 saturated carbocycles. The molecule has 0 aromatic carbocycles. The molecule has 0 fully saturated rings. The lowest BCUT2D eigenvalue weighted by Gasteiger charge is -2.17. The molecule has 0 radical (unpaired) electrons. The number of hydrogen-bond donors (Lipinski definition) is 0. The van der Waals surface area contributed by atoms with Crippen LogP contribution in [0.25, 0.3) is 0 Å². The molecule has 0 aliphatic heterocycles. The van der Waals surface area contributed by atoms with E-state index in [-0.39, 0.29) is 28.6 Å². The van der Waals surface area contributed by atoms with Crippen molar-refractivity contribution in [1.29, 1.82) is 0 Å². The smallest absolute Gasteiger partial charge is 0.231 e. The minimum absolute atomic E-state index is 0.112. The third-order valence-electron chi connectivity index (χ3n) is 3.85. The van der Waals surface area contributed by atoms with E-state index in [0.29, 0.717) is 34.8 Å². The van der Waals surface area contributed by atoms with Crippen LogP contribution in [-0.4, -0.2) is 23.2 Å². The molecule has 5 nitrogen and oxygen atoms in total. The van der Waals surface area contributed by atoms with Gasteiger partial charge in [0.1, 0.15) is 17.2 Å². The van der Waals surface area contributed by atoms with E-state index in [1.165, 1.54) is 6.20 Å². The number of aromatic nitrogens is 1. The summed E-state index contributed by atoms with van der Waals surface area (Å²) in [6.07, 6.45) is 1.50. The van der Waals surface area contributed by atoms with Crippen LogP contribution in [0.15, 0.2) is 10.6 Å². The van der Waals surface area contributed by atoms with Gasteiger partial charge in [0.2, 0.25) is 11.6 Å². The monoisotopic (exact) mass is 285 g/mol. The molecule has 0 spiro atoms. The van der Waals surface area contributed by atoms with E-state index >= 15 is 0 Å². The van der Waals surface area contributed by atoms with Crippen LogP contribution in [0.2, 0.25) is 0 Å². The highest BCUT2D eigenvalue weighted by atomic mass is 16.5. The van der Waals surface area contributed by atoms with Gasteiger partial charge in [0, 0.05) is 11.1 Å². The molecular formula is C16H15NO4. The van der Waals surface area contributed by atoms with Gasteiger partial charge in [-0.05, 0) is 27.7 Å². The fourth-order valence-electron chi connectivity index (χ4n) is 2.63. The fourth-order valence-corrected chi connectivity index (χ4v) is 2.63. The Morgan fingerprint density at radius 3 is 2.48 bits per heavy atom. The van der Waals surface area contributed by atoms with E-state index < -0.39 is 0 Å². The number of hydrogen-bond acceptors (Lipinski definition) is 5. The lowest BCUT2D eigenvalue weighted by Crippen LogP contribution is -2.23. The van der Waals surface area contributed by atoms with Gasteiger partial charge in [0.15, 0.2) is 5.76 Å². The van der Waals surface area contributed by atoms with Gasteiger partial charge in [0.05, 0.1) is 23.9 Å². The second-order valence-corrected chi connectivity index (χ2v) is 5.05. The molecule has 2 aromatic rings. The number of rotatable bonds is 2. The van der Waals surface area contributed by atoms with Gasteiger partial charge in [-0.2, -0.15) is 0 Å². The number of fused-ring (bicyclic) bond motifs is 2. The summed E-state index contributed by atoms with van der Waals surface area (Å²) in [7, 11) is 0. The molecule has 0 atom stereocenters. The predicted molar refractivity (Wildman–Crippen MR) is 75.2 cm³/mol. The van der Waals surface area contributed by atoms with Crippen molar-refractivity contribution in [3.05, 3.63) is 45.7 Å². The zero-order valence-electron chi connectivity index (χ0n) is 12.4. The minimum Gasteiger partial charge on any atom is -0.492 e. The van der Waals surface area contributed by atoms with Gasteiger partial charge < -0.3 is 9.15 Å². The SMILES string of the molecule is CCOc1cnc2c(c1C)C(=O)c1oc(C)c(C)c1C2=O. The van der Waals surface area contributed by atoms with E-state index in [2.05, 4.69) is 4.98 Å². The first-order valence-electron chi connectivity index (χ1n) is 6.79. The second-order valence-electron chi connectivity index (χ2n) is 5.05. The van der Waals surface area contributed by atoms with Crippen molar-refractivity contribution in [2.75, 3.05) is 6.61 Å². The van der Waals surface area contributed by atoms with Gasteiger partial charge in [0.25, 0.3) is 0 Å². The molecule has 5 heteroatoms. The molecule has 0 unspecified atom stereocenters. The maximum Gasteiger partial charge on any atom is 0.231 e. The van der Waals surface area contributed by atoms with Crippen LogP contribution in [0, 0.1) is 20.8 Å². The Bertz CT molecular complexity index is 786. The van der Waals surface area contributed by atoms with Crippen LogP contribution < -0.4 is 4.74 Å². The summed E-state index contributed by atoms with van der Waals surface area (Å²) in [5, 5.41) is 0. The highest BCUT2D eigenvalue weighted by molar-refractivity contribution is 6.27. The second kappa shape index (κ2) is 4.55. The molecule has 0 saturated heterocycles. The van der Waals surface area contributed by atoms with E-state index in [4.69, 9.17) is 9.15 Å². The molecule has 0 N–H and O–H groups in total. The number of ketones is 2. The first-order valence-corrected chi connectivity index (χ1v) is 6.79. The normalized spacial score (nSPS) is 13.1. The molecule has 0 bridgehead atoms. The summed E-state index contributed by atoms with van der Waals surface area (Å²) < 4.78 is 10.9. The third kappa shape index (κ3) is 1.73. The number of ether oxygens (including phenoxy) is 1. The number of carbonyl (C=O) groups excluding carboxylic acids is 2. The van der Waals surface area contributed by atoms with Crippen molar-refractivity contribution < 1.29 is 18.7 Å². The van der Waals surface area contributed by atoms with Crippen molar-refractivity contribution in [2.45, 2.75) is 27.7 Å². The van der Waals surface area contributed by atoms with Crippen LogP contribution in [0.5, 0.6) is 5.75 Å². The summed E-state index contributed by atoms with van der Waals surface area (Å²) in [5.74, 6) is 0.640. The molecular weight excluding hydrogens is 270 g/mol. The van der Waals surface area contributed by atoms with Crippen molar-refractivity contribution in [2.24, 2.45) is 0 Å². The minimum atomic E-state index is -0.303. The van der Waals surface area contributed by atoms with Gasteiger partial charge in [-0.15, -0.1) is 0 Å². The van der Waals surface area contributed by atoms with Crippen molar-refractivity contribution >= 4 is 11.6 Å². The summed E-state index contributed by atoms with van der Waals surface area (Å²) in [5.41, 5.74) is 2.12. The Balaban J connectivity index is 2.28. The Labute approximate surface area is 121 Å².